The molecule has 0 saturated heterocycles. The highest BCUT2D eigenvalue weighted by molar-refractivity contribution is 9.10. The highest BCUT2D eigenvalue weighted by atomic mass is 79.9. The van der Waals surface area contributed by atoms with E-state index in [9.17, 15) is 5.11 Å². The predicted molar refractivity (Wildman–Crippen MR) is 139 cm³/mol. The molecule has 1 aliphatic carbocycles. The molecule has 160 valence electrons. The maximum atomic E-state index is 12.0. The van der Waals surface area contributed by atoms with Gasteiger partial charge in [-0.05, 0) is 53.7 Å². The summed E-state index contributed by atoms with van der Waals surface area (Å²) in [4.78, 5) is 0. The lowest BCUT2D eigenvalue weighted by Crippen LogP contribution is -2.42. The summed E-state index contributed by atoms with van der Waals surface area (Å²) in [6, 6.07) is 24.7. The Hall–Kier alpha value is -1.65. The Bertz CT molecular complexity index is 1130. The zero-order valence-electron chi connectivity index (χ0n) is 18.2. The Morgan fingerprint density at radius 3 is 2.29 bits per heavy atom. The van der Waals surface area contributed by atoms with Crippen molar-refractivity contribution in [2.45, 2.75) is 44.0 Å². The summed E-state index contributed by atoms with van der Waals surface area (Å²) in [5.74, 6) is 0.205. The van der Waals surface area contributed by atoms with Crippen molar-refractivity contribution in [3.63, 3.8) is 0 Å². The highest BCUT2D eigenvalue weighted by Gasteiger charge is 2.39. The van der Waals surface area contributed by atoms with Crippen LogP contribution in [-0.4, -0.2) is 13.2 Å². The van der Waals surface area contributed by atoms with Gasteiger partial charge in [-0.25, -0.2) is 0 Å². The molecule has 0 heterocycles. The summed E-state index contributed by atoms with van der Waals surface area (Å²) in [6.07, 6.45) is 3.53. The summed E-state index contributed by atoms with van der Waals surface area (Å²) < 4.78 is 1.04. The molecule has 1 nitrogen and oxygen atoms in total. The number of allylic oxidation sites excluding steroid dienone is 1. The van der Waals surface area contributed by atoms with Crippen molar-refractivity contribution < 1.29 is 5.11 Å². The smallest absolute Gasteiger partial charge is 0.110 e. The predicted octanol–water partition coefficient (Wildman–Crippen LogP) is 7.50. The van der Waals surface area contributed by atoms with E-state index in [4.69, 9.17) is 11.6 Å². The van der Waals surface area contributed by atoms with Gasteiger partial charge in [0, 0.05) is 15.1 Å². The molecule has 0 amide bonds. The van der Waals surface area contributed by atoms with Gasteiger partial charge in [0.05, 0.1) is 8.07 Å². The second-order valence-corrected chi connectivity index (χ2v) is 15.8. The van der Waals surface area contributed by atoms with Gasteiger partial charge in [0.2, 0.25) is 0 Å². The minimum atomic E-state index is -1.55. The van der Waals surface area contributed by atoms with Gasteiger partial charge in [-0.1, -0.05) is 113 Å². The largest absolute Gasteiger partial charge is 0.381 e. The highest BCUT2D eigenvalue weighted by Crippen LogP contribution is 2.48. The van der Waals surface area contributed by atoms with Crippen molar-refractivity contribution >= 4 is 46.4 Å². The molecule has 0 aliphatic heterocycles. The van der Waals surface area contributed by atoms with Crippen LogP contribution >= 0.6 is 27.5 Å². The number of hydrogen-bond acceptors (Lipinski definition) is 1. The first-order chi connectivity index (χ1) is 14.7. The van der Waals surface area contributed by atoms with Crippen LogP contribution in [0, 0.1) is 0 Å². The van der Waals surface area contributed by atoms with Gasteiger partial charge < -0.3 is 5.11 Å². The van der Waals surface area contributed by atoms with Gasteiger partial charge in [0.15, 0.2) is 0 Å². The molecule has 0 spiro atoms. The summed E-state index contributed by atoms with van der Waals surface area (Å²) in [6.45, 7) is 7.17. The molecule has 1 aliphatic rings. The van der Waals surface area contributed by atoms with Crippen LogP contribution in [0.15, 0.2) is 83.3 Å². The number of aliphatic hydroxyl groups is 1. The van der Waals surface area contributed by atoms with E-state index < -0.39 is 13.7 Å². The lowest BCUT2D eigenvalue weighted by atomic mass is 9.72. The van der Waals surface area contributed by atoms with Crippen molar-refractivity contribution in [2.24, 2.45) is 0 Å². The van der Waals surface area contributed by atoms with Crippen LogP contribution in [0.3, 0.4) is 0 Å². The second-order valence-electron chi connectivity index (χ2n) is 9.50. The molecule has 2 unspecified atom stereocenters. The Morgan fingerprint density at radius 2 is 1.58 bits per heavy atom. The summed E-state index contributed by atoms with van der Waals surface area (Å²) >= 11 is 10.3. The fourth-order valence-electron chi connectivity index (χ4n) is 4.78. The number of rotatable bonds is 4. The van der Waals surface area contributed by atoms with Crippen LogP contribution in [0.1, 0.15) is 35.4 Å². The fourth-order valence-corrected chi connectivity index (χ4v) is 7.37. The van der Waals surface area contributed by atoms with Crippen LogP contribution in [0.2, 0.25) is 24.7 Å². The lowest BCUT2D eigenvalue weighted by molar-refractivity contribution is 0.0674. The molecule has 2 atom stereocenters. The molecule has 31 heavy (non-hydrogen) atoms. The average Bonchev–Trinajstić information content (AvgIpc) is 2.73. The molecule has 3 aromatic carbocycles. The van der Waals surface area contributed by atoms with Crippen molar-refractivity contribution in [3.8, 4) is 0 Å². The monoisotopic (exact) mass is 510 g/mol. The van der Waals surface area contributed by atoms with Gasteiger partial charge in [-0.15, -0.1) is 0 Å². The van der Waals surface area contributed by atoms with Gasteiger partial charge in [-0.3, -0.25) is 0 Å². The quantitative estimate of drug-likeness (QED) is 0.360. The third-order valence-corrected chi connectivity index (χ3v) is 9.30. The van der Waals surface area contributed by atoms with E-state index in [1.807, 2.05) is 36.4 Å². The van der Waals surface area contributed by atoms with Crippen LogP contribution in [0.5, 0.6) is 0 Å². The SMILES string of the molecule is C[Si](C)(C)c1ccccc1C1CC(c2ccccc2Br)=CC(O)(c2ccccc2Cl)C1. The standard InChI is InChI=1S/C27H28BrClOSi/c1-31(2,3)26-15-9-5-11-22(26)20-16-19(21-10-4-7-13-24(21)28)17-27(30,18-20)23-12-6-8-14-25(23)29/h4-15,17,20,30H,16,18H2,1-3H3. The maximum Gasteiger partial charge on any atom is 0.110 e. The topological polar surface area (TPSA) is 20.2 Å². The molecule has 1 N–H and O–H groups in total. The van der Waals surface area contributed by atoms with E-state index in [0.717, 1.165) is 27.6 Å². The minimum absolute atomic E-state index is 0.205. The van der Waals surface area contributed by atoms with E-state index in [2.05, 4.69) is 78.0 Å². The van der Waals surface area contributed by atoms with E-state index in [1.165, 1.54) is 10.8 Å². The first-order valence-electron chi connectivity index (χ1n) is 10.7. The Balaban J connectivity index is 1.89. The third kappa shape index (κ3) is 4.61. The van der Waals surface area contributed by atoms with Crippen LogP contribution in [0.4, 0.5) is 0 Å². The maximum absolute atomic E-state index is 12.0. The average molecular weight is 512 g/mol. The minimum Gasteiger partial charge on any atom is -0.381 e. The van der Waals surface area contributed by atoms with Gasteiger partial charge in [0.25, 0.3) is 0 Å². The molecule has 0 bridgehead atoms. The molecule has 4 heteroatoms. The van der Waals surface area contributed by atoms with E-state index in [-0.39, 0.29) is 5.92 Å². The molecular weight excluding hydrogens is 484 g/mol. The first-order valence-corrected chi connectivity index (χ1v) is 15.4. The summed E-state index contributed by atoms with van der Waals surface area (Å²) in [7, 11) is -1.55. The Morgan fingerprint density at radius 1 is 0.935 bits per heavy atom. The van der Waals surface area contributed by atoms with Crippen molar-refractivity contribution in [1.82, 2.24) is 0 Å². The van der Waals surface area contributed by atoms with Gasteiger partial charge in [-0.2, -0.15) is 0 Å². The fraction of sp³-hybridized carbons (Fsp3) is 0.259. The zero-order chi connectivity index (χ0) is 22.2. The van der Waals surface area contributed by atoms with Crippen molar-refractivity contribution in [3.05, 3.63) is 105 Å². The van der Waals surface area contributed by atoms with Crippen LogP contribution in [-0.2, 0) is 5.60 Å². The molecule has 3 aromatic rings. The zero-order valence-corrected chi connectivity index (χ0v) is 21.5. The normalized spacial score (nSPS) is 21.6. The Kier molecular flexibility index (Phi) is 6.33. The van der Waals surface area contributed by atoms with Crippen LogP contribution < -0.4 is 5.19 Å². The molecule has 0 saturated carbocycles. The number of benzene rings is 3. The van der Waals surface area contributed by atoms with E-state index in [1.54, 1.807) is 0 Å². The van der Waals surface area contributed by atoms with Crippen molar-refractivity contribution in [2.75, 3.05) is 0 Å². The molecular formula is C27H28BrClOSi. The van der Waals surface area contributed by atoms with E-state index in [0.29, 0.717) is 11.4 Å². The van der Waals surface area contributed by atoms with E-state index >= 15 is 0 Å². The second kappa shape index (κ2) is 8.71. The van der Waals surface area contributed by atoms with Gasteiger partial charge in [0.1, 0.15) is 5.60 Å². The third-order valence-electron chi connectivity index (χ3n) is 6.21. The molecule has 0 aromatic heterocycles. The molecule has 4 rings (SSSR count). The van der Waals surface area contributed by atoms with Crippen molar-refractivity contribution in [1.29, 1.82) is 0 Å². The number of hydrogen-bond donors (Lipinski definition) is 1. The molecule has 0 fully saturated rings. The molecule has 0 radical (unpaired) electrons. The number of halogens is 2. The summed E-state index contributed by atoms with van der Waals surface area (Å²) in [5, 5.41) is 14.1. The lowest BCUT2D eigenvalue weighted by Gasteiger charge is -2.38. The first kappa shape index (κ1) is 22.5. The summed E-state index contributed by atoms with van der Waals surface area (Å²) in [5.41, 5.74) is 3.29. The van der Waals surface area contributed by atoms with Crippen LogP contribution in [0.25, 0.3) is 5.57 Å². The van der Waals surface area contributed by atoms with Gasteiger partial charge >= 0.3 is 0 Å². The Labute approximate surface area is 199 Å².